The number of fused-ring (bicyclic) bond motifs is 1. The van der Waals surface area contributed by atoms with E-state index in [1.165, 1.54) is 4.90 Å². The second kappa shape index (κ2) is 14.0. The van der Waals surface area contributed by atoms with Gasteiger partial charge in [-0.1, -0.05) is 74.0 Å². The number of nitrogens with one attached hydrogen (secondary N) is 3. The summed E-state index contributed by atoms with van der Waals surface area (Å²) in [7, 11) is 1.61. The fourth-order valence-electron chi connectivity index (χ4n) is 4.07. The molecule has 0 fully saturated rings. The molecule has 1 heterocycles. The van der Waals surface area contributed by atoms with E-state index in [9.17, 15) is 14.4 Å². The molecule has 8 heteroatoms. The maximum Gasteiger partial charge on any atom is 0.243 e. The van der Waals surface area contributed by atoms with Crippen LogP contribution < -0.4 is 20.7 Å². The predicted octanol–water partition coefficient (Wildman–Crippen LogP) is 2.15. The summed E-state index contributed by atoms with van der Waals surface area (Å²) in [5, 5.41) is 8.97. The van der Waals surface area contributed by atoms with Crippen molar-refractivity contribution in [2.45, 2.75) is 38.3 Å². The van der Waals surface area contributed by atoms with Gasteiger partial charge in [0.2, 0.25) is 17.7 Å². The molecule has 2 aromatic carbocycles. The molecule has 1 aliphatic heterocycles. The number of para-hydroxylation sites is 1. The molecule has 0 unspecified atom stereocenters. The van der Waals surface area contributed by atoms with E-state index in [4.69, 9.17) is 4.74 Å². The van der Waals surface area contributed by atoms with E-state index in [1.807, 2.05) is 73.7 Å². The molecule has 0 spiro atoms. The topological polar surface area (TPSA) is 99.8 Å². The van der Waals surface area contributed by atoms with Crippen molar-refractivity contribution < 1.29 is 19.1 Å². The number of carbonyl (C=O) groups excluding carboxylic acids is 3. The molecule has 0 aliphatic carbocycles. The summed E-state index contributed by atoms with van der Waals surface area (Å²) in [6.07, 6.45) is 5.55. The van der Waals surface area contributed by atoms with Crippen LogP contribution in [0.15, 0.2) is 60.7 Å². The van der Waals surface area contributed by atoms with Gasteiger partial charge in [-0.15, -0.1) is 0 Å². The van der Waals surface area contributed by atoms with Gasteiger partial charge in [0.15, 0.2) is 0 Å². The maximum absolute atomic E-state index is 13.1. The molecule has 0 bridgehead atoms. The number of likely N-dealkylation sites (N-methyl/N-ethyl adjacent to an activating group) is 1. The number of benzene rings is 2. The average molecular weight is 493 g/mol. The van der Waals surface area contributed by atoms with Crippen LogP contribution >= 0.6 is 0 Å². The average Bonchev–Trinajstić information content (AvgIpc) is 2.88. The van der Waals surface area contributed by atoms with Crippen LogP contribution in [0.25, 0.3) is 6.08 Å². The van der Waals surface area contributed by atoms with Crippen LogP contribution in [0.1, 0.15) is 30.9 Å². The molecule has 0 saturated heterocycles. The fraction of sp³-hybridized carbons (Fsp3) is 0.393. The number of ether oxygens (including phenoxy) is 1. The molecule has 36 heavy (non-hydrogen) atoms. The first kappa shape index (κ1) is 26.9. The molecule has 3 amide bonds. The normalized spacial score (nSPS) is 21.3. The third-order valence-electron chi connectivity index (χ3n) is 5.93. The van der Waals surface area contributed by atoms with E-state index in [2.05, 4.69) is 16.0 Å². The minimum absolute atomic E-state index is 0.136. The van der Waals surface area contributed by atoms with Gasteiger partial charge in [-0.3, -0.25) is 14.4 Å². The first-order valence-electron chi connectivity index (χ1n) is 12.5. The van der Waals surface area contributed by atoms with Crippen LogP contribution in [-0.2, 0) is 20.8 Å². The molecular weight excluding hydrogens is 456 g/mol. The lowest BCUT2D eigenvalue weighted by Crippen LogP contribution is -2.52. The fourth-order valence-corrected chi connectivity index (χ4v) is 4.07. The largest absolute Gasteiger partial charge is 0.492 e. The molecule has 0 saturated carbocycles. The van der Waals surface area contributed by atoms with E-state index in [0.717, 1.165) is 23.3 Å². The Morgan fingerprint density at radius 1 is 1.00 bits per heavy atom. The van der Waals surface area contributed by atoms with Crippen molar-refractivity contribution in [1.82, 2.24) is 20.9 Å². The van der Waals surface area contributed by atoms with Crippen LogP contribution in [0.3, 0.4) is 0 Å². The van der Waals surface area contributed by atoms with Gasteiger partial charge < -0.3 is 25.6 Å². The highest BCUT2D eigenvalue weighted by molar-refractivity contribution is 5.91. The first-order chi connectivity index (χ1) is 17.5. The first-order valence-corrected chi connectivity index (χ1v) is 12.5. The molecule has 1 aliphatic rings. The molecule has 192 valence electrons. The zero-order chi connectivity index (χ0) is 25.8. The van der Waals surface area contributed by atoms with Crippen LogP contribution in [0.4, 0.5) is 0 Å². The Labute approximate surface area is 213 Å². The minimum Gasteiger partial charge on any atom is -0.492 e. The van der Waals surface area contributed by atoms with Gasteiger partial charge in [0.25, 0.3) is 0 Å². The van der Waals surface area contributed by atoms with Crippen molar-refractivity contribution in [2.24, 2.45) is 0 Å². The zero-order valence-corrected chi connectivity index (χ0v) is 21.0. The van der Waals surface area contributed by atoms with Gasteiger partial charge in [0.05, 0.1) is 12.6 Å². The Morgan fingerprint density at radius 2 is 1.75 bits per heavy atom. The summed E-state index contributed by atoms with van der Waals surface area (Å²) < 4.78 is 5.95. The van der Waals surface area contributed by atoms with Gasteiger partial charge in [-0.25, -0.2) is 0 Å². The summed E-state index contributed by atoms with van der Waals surface area (Å²) in [6, 6.07) is 16.0. The van der Waals surface area contributed by atoms with Crippen molar-refractivity contribution >= 4 is 23.8 Å². The Morgan fingerprint density at radius 3 is 2.53 bits per heavy atom. The smallest absolute Gasteiger partial charge is 0.243 e. The lowest BCUT2D eigenvalue weighted by molar-refractivity contribution is -0.137. The third-order valence-corrected chi connectivity index (χ3v) is 5.93. The minimum atomic E-state index is -0.768. The molecule has 3 N–H and O–H groups in total. The Balaban J connectivity index is 1.82. The molecular formula is C28H36N4O4. The molecule has 0 aromatic heterocycles. The molecule has 8 nitrogen and oxygen atoms in total. The summed E-state index contributed by atoms with van der Waals surface area (Å²) >= 11 is 0. The molecule has 3 rings (SSSR count). The van der Waals surface area contributed by atoms with Crippen LogP contribution in [0, 0.1) is 0 Å². The number of hydrogen-bond acceptors (Lipinski definition) is 5. The summed E-state index contributed by atoms with van der Waals surface area (Å²) in [5.74, 6) is -0.110. The number of carbonyl (C=O) groups is 3. The Kier molecular flexibility index (Phi) is 10.5. The molecule has 2 aromatic rings. The van der Waals surface area contributed by atoms with E-state index < -0.39 is 12.1 Å². The van der Waals surface area contributed by atoms with Crippen LogP contribution in [-0.4, -0.2) is 68.0 Å². The standard InChI is InChI=1S/C28H36N4O4/c1-3-10-23-28(35)32(2)20-26(33)31-24(19-21-11-5-4-6-12-21)27(34)30-16-9-14-22-13-7-8-15-25(22)36-18-17-29-23/h4-9,11-15,23-24,29H,3,10,16-20H2,1-2H3,(H,30,34)(H,31,33)/b14-9-/t23-,24+/m0/s1. The van der Waals surface area contributed by atoms with E-state index in [1.54, 1.807) is 7.05 Å². The van der Waals surface area contributed by atoms with Crippen molar-refractivity contribution in [3.63, 3.8) is 0 Å². The Hall–Kier alpha value is -3.65. The quantitative estimate of drug-likeness (QED) is 0.608. The van der Waals surface area contributed by atoms with Gasteiger partial charge in [-0.05, 0) is 18.1 Å². The number of rotatable bonds is 4. The third kappa shape index (κ3) is 8.23. The van der Waals surface area contributed by atoms with Crippen molar-refractivity contribution in [3.8, 4) is 5.75 Å². The summed E-state index contributed by atoms with van der Waals surface area (Å²) in [5.41, 5.74) is 1.82. The summed E-state index contributed by atoms with van der Waals surface area (Å²) in [4.78, 5) is 40.3. The predicted molar refractivity (Wildman–Crippen MR) is 140 cm³/mol. The molecule has 2 atom stereocenters. The van der Waals surface area contributed by atoms with Crippen molar-refractivity contribution in [3.05, 3.63) is 71.8 Å². The van der Waals surface area contributed by atoms with E-state index in [-0.39, 0.29) is 24.3 Å². The highest BCUT2D eigenvalue weighted by atomic mass is 16.5. The van der Waals surface area contributed by atoms with Crippen molar-refractivity contribution in [1.29, 1.82) is 0 Å². The maximum atomic E-state index is 13.1. The van der Waals surface area contributed by atoms with E-state index in [0.29, 0.717) is 32.5 Å². The van der Waals surface area contributed by atoms with Gasteiger partial charge in [0, 0.05) is 32.1 Å². The number of hydrogen-bond donors (Lipinski definition) is 3. The summed E-state index contributed by atoms with van der Waals surface area (Å²) in [6.45, 7) is 3.05. The lowest BCUT2D eigenvalue weighted by atomic mass is 10.1. The van der Waals surface area contributed by atoms with Gasteiger partial charge in [0.1, 0.15) is 18.4 Å². The highest BCUT2D eigenvalue weighted by Crippen LogP contribution is 2.19. The molecule has 0 radical (unpaired) electrons. The van der Waals surface area contributed by atoms with Gasteiger partial charge >= 0.3 is 0 Å². The number of nitrogens with zero attached hydrogens (tertiary/aromatic N) is 1. The number of amides is 3. The monoisotopic (exact) mass is 492 g/mol. The van der Waals surface area contributed by atoms with E-state index >= 15 is 0 Å². The van der Waals surface area contributed by atoms with Gasteiger partial charge in [-0.2, -0.15) is 0 Å². The van der Waals surface area contributed by atoms with Crippen molar-refractivity contribution in [2.75, 3.05) is 33.3 Å². The van der Waals surface area contributed by atoms with Crippen LogP contribution in [0.5, 0.6) is 5.75 Å². The second-order valence-electron chi connectivity index (χ2n) is 8.83. The Bertz CT molecular complexity index is 1040. The lowest BCUT2D eigenvalue weighted by Gasteiger charge is -2.25. The highest BCUT2D eigenvalue weighted by Gasteiger charge is 2.25. The SMILES string of the molecule is CCC[C@@H]1NCCOc2ccccc2/C=C\CNC(=O)[C@@H](Cc2ccccc2)NC(=O)CN(C)C1=O. The zero-order valence-electron chi connectivity index (χ0n) is 21.0. The second-order valence-corrected chi connectivity index (χ2v) is 8.83. The van der Waals surface area contributed by atoms with Crippen LogP contribution in [0.2, 0.25) is 0 Å².